The summed E-state index contributed by atoms with van der Waals surface area (Å²) < 4.78 is 4.37. The van der Waals surface area contributed by atoms with Crippen molar-refractivity contribution in [2.75, 3.05) is 0 Å². The molecule has 0 amide bonds. The first-order valence-corrected chi connectivity index (χ1v) is 3.42. The van der Waals surface area contributed by atoms with Gasteiger partial charge in [0.25, 0.3) is 0 Å². The standard InChI is InChI=1S/C8H5NO3/c1-4-2-3-9-6-5(4)7(10)12-8(6)11/h2-3H,1H3. The number of ether oxygens (including phenoxy) is 1. The zero-order valence-corrected chi connectivity index (χ0v) is 6.33. The quantitative estimate of drug-likeness (QED) is 0.417. The fraction of sp³-hybridized carbons (Fsp3) is 0.125. The highest BCUT2D eigenvalue weighted by Gasteiger charge is 2.32. The SMILES string of the molecule is Cc1ccnc2c1C(=O)OC2=O. The van der Waals surface area contributed by atoms with Gasteiger partial charge < -0.3 is 4.74 Å². The molecule has 1 aromatic heterocycles. The summed E-state index contributed by atoms with van der Waals surface area (Å²) in [5.74, 6) is -1.25. The maximum Gasteiger partial charge on any atom is 0.365 e. The molecule has 0 aromatic carbocycles. The molecule has 1 aliphatic rings. The summed E-state index contributed by atoms with van der Waals surface area (Å²) in [7, 11) is 0. The number of carbonyl (C=O) groups excluding carboxylic acids is 2. The molecular weight excluding hydrogens is 158 g/mol. The van der Waals surface area contributed by atoms with Crippen LogP contribution in [-0.2, 0) is 4.74 Å². The molecule has 4 heteroatoms. The van der Waals surface area contributed by atoms with Gasteiger partial charge in [0.05, 0.1) is 5.56 Å². The third kappa shape index (κ3) is 0.747. The number of nitrogens with zero attached hydrogens (tertiary/aromatic N) is 1. The van der Waals surface area contributed by atoms with Gasteiger partial charge in [-0.15, -0.1) is 0 Å². The fourth-order valence-corrected chi connectivity index (χ4v) is 1.15. The first kappa shape index (κ1) is 6.97. The van der Waals surface area contributed by atoms with E-state index in [0.717, 1.165) is 5.56 Å². The Bertz CT molecular complexity index is 384. The van der Waals surface area contributed by atoms with Crippen molar-refractivity contribution < 1.29 is 14.3 Å². The minimum absolute atomic E-state index is 0.125. The molecule has 0 spiro atoms. The second-order valence-corrected chi connectivity index (χ2v) is 2.53. The summed E-state index contributed by atoms with van der Waals surface area (Å²) >= 11 is 0. The molecule has 0 aliphatic carbocycles. The van der Waals surface area contributed by atoms with Crippen LogP contribution in [0.15, 0.2) is 12.3 Å². The second-order valence-electron chi connectivity index (χ2n) is 2.53. The maximum absolute atomic E-state index is 11.0. The lowest BCUT2D eigenvalue weighted by Gasteiger charge is -1.93. The van der Waals surface area contributed by atoms with E-state index in [2.05, 4.69) is 9.72 Å². The van der Waals surface area contributed by atoms with Crippen molar-refractivity contribution in [2.24, 2.45) is 0 Å². The number of hydrogen-bond acceptors (Lipinski definition) is 4. The molecule has 0 atom stereocenters. The van der Waals surface area contributed by atoms with Crippen molar-refractivity contribution in [3.8, 4) is 0 Å². The van der Waals surface area contributed by atoms with E-state index >= 15 is 0 Å². The smallest absolute Gasteiger partial charge is 0.365 e. The fourth-order valence-electron chi connectivity index (χ4n) is 1.15. The molecule has 0 saturated heterocycles. The summed E-state index contributed by atoms with van der Waals surface area (Å²) in [5, 5.41) is 0. The topological polar surface area (TPSA) is 56.3 Å². The van der Waals surface area contributed by atoms with E-state index < -0.39 is 11.9 Å². The second kappa shape index (κ2) is 2.14. The zero-order chi connectivity index (χ0) is 8.72. The number of aryl methyl sites for hydroxylation is 1. The van der Waals surface area contributed by atoms with E-state index in [9.17, 15) is 9.59 Å². The van der Waals surface area contributed by atoms with E-state index in [1.165, 1.54) is 6.20 Å². The van der Waals surface area contributed by atoms with Crippen LogP contribution in [0, 0.1) is 6.92 Å². The van der Waals surface area contributed by atoms with Gasteiger partial charge in [-0.05, 0) is 18.6 Å². The van der Waals surface area contributed by atoms with Gasteiger partial charge in [0.1, 0.15) is 0 Å². The van der Waals surface area contributed by atoms with Crippen molar-refractivity contribution in [1.82, 2.24) is 4.98 Å². The van der Waals surface area contributed by atoms with Crippen LogP contribution in [-0.4, -0.2) is 16.9 Å². The molecule has 0 fully saturated rings. The summed E-state index contributed by atoms with van der Waals surface area (Å²) in [5.41, 5.74) is 1.14. The van der Waals surface area contributed by atoms with Gasteiger partial charge in [-0.3, -0.25) is 0 Å². The normalized spacial score (nSPS) is 14.4. The van der Waals surface area contributed by atoms with E-state index in [1.54, 1.807) is 13.0 Å². The van der Waals surface area contributed by atoms with Crippen LogP contribution >= 0.6 is 0 Å². The van der Waals surface area contributed by atoms with Gasteiger partial charge in [0.2, 0.25) is 0 Å². The van der Waals surface area contributed by atoms with Gasteiger partial charge in [-0.25, -0.2) is 14.6 Å². The average Bonchev–Trinajstić information content (AvgIpc) is 2.29. The Morgan fingerprint density at radius 1 is 1.33 bits per heavy atom. The average molecular weight is 163 g/mol. The Kier molecular flexibility index (Phi) is 1.24. The minimum atomic E-state index is -0.654. The van der Waals surface area contributed by atoms with Crippen LogP contribution < -0.4 is 0 Å². The molecule has 1 aliphatic heterocycles. The van der Waals surface area contributed by atoms with Gasteiger partial charge in [0.15, 0.2) is 5.69 Å². The number of carbonyl (C=O) groups is 2. The van der Waals surface area contributed by atoms with Crippen molar-refractivity contribution in [1.29, 1.82) is 0 Å². The van der Waals surface area contributed by atoms with Gasteiger partial charge >= 0.3 is 11.9 Å². The Balaban J connectivity index is 2.75. The van der Waals surface area contributed by atoms with Crippen LogP contribution in [0.25, 0.3) is 0 Å². The molecule has 60 valence electrons. The Morgan fingerprint density at radius 2 is 2.08 bits per heavy atom. The number of pyridine rings is 1. The lowest BCUT2D eigenvalue weighted by atomic mass is 10.1. The number of aromatic nitrogens is 1. The molecule has 1 aromatic rings. The summed E-state index contributed by atoms with van der Waals surface area (Å²) in [6, 6.07) is 1.67. The first-order valence-electron chi connectivity index (χ1n) is 3.42. The number of rotatable bonds is 0. The lowest BCUT2D eigenvalue weighted by molar-refractivity contribution is 0.0441. The van der Waals surface area contributed by atoms with Crippen molar-refractivity contribution in [3.63, 3.8) is 0 Å². The number of hydrogen-bond donors (Lipinski definition) is 0. The summed E-state index contributed by atoms with van der Waals surface area (Å²) in [6.07, 6.45) is 1.48. The van der Waals surface area contributed by atoms with E-state index in [1.807, 2.05) is 0 Å². The predicted molar refractivity (Wildman–Crippen MR) is 38.7 cm³/mol. The van der Waals surface area contributed by atoms with E-state index in [-0.39, 0.29) is 5.69 Å². The van der Waals surface area contributed by atoms with Crippen LogP contribution in [0.1, 0.15) is 26.4 Å². The maximum atomic E-state index is 11.0. The van der Waals surface area contributed by atoms with E-state index in [4.69, 9.17) is 0 Å². The van der Waals surface area contributed by atoms with Crippen LogP contribution in [0.3, 0.4) is 0 Å². The minimum Gasteiger partial charge on any atom is -0.384 e. The summed E-state index contributed by atoms with van der Waals surface area (Å²) in [6.45, 7) is 1.74. The lowest BCUT2D eigenvalue weighted by Crippen LogP contribution is -1.97. The highest BCUT2D eigenvalue weighted by atomic mass is 16.6. The van der Waals surface area contributed by atoms with Crippen molar-refractivity contribution in [2.45, 2.75) is 6.92 Å². The third-order valence-electron chi connectivity index (χ3n) is 1.74. The molecule has 4 nitrogen and oxygen atoms in total. The molecule has 0 saturated carbocycles. The molecule has 0 radical (unpaired) electrons. The van der Waals surface area contributed by atoms with Crippen LogP contribution in [0.5, 0.6) is 0 Å². The van der Waals surface area contributed by atoms with Crippen molar-refractivity contribution >= 4 is 11.9 Å². The largest absolute Gasteiger partial charge is 0.384 e. The number of esters is 2. The highest BCUT2D eigenvalue weighted by molar-refractivity contribution is 6.14. The molecule has 0 unspecified atom stereocenters. The van der Waals surface area contributed by atoms with Crippen LogP contribution in [0.4, 0.5) is 0 Å². The monoisotopic (exact) mass is 163 g/mol. The molecule has 0 bridgehead atoms. The van der Waals surface area contributed by atoms with Gasteiger partial charge in [-0.1, -0.05) is 0 Å². The number of fused-ring (bicyclic) bond motifs is 1. The Hall–Kier alpha value is -1.71. The Labute approximate surface area is 68.2 Å². The van der Waals surface area contributed by atoms with E-state index in [0.29, 0.717) is 5.56 Å². The first-order chi connectivity index (χ1) is 5.70. The molecule has 12 heavy (non-hydrogen) atoms. The summed E-state index contributed by atoms with van der Waals surface area (Å²) in [4.78, 5) is 25.7. The molecule has 0 N–H and O–H groups in total. The predicted octanol–water partition coefficient (Wildman–Crippen LogP) is 0.701. The van der Waals surface area contributed by atoms with Crippen molar-refractivity contribution in [3.05, 3.63) is 29.1 Å². The highest BCUT2D eigenvalue weighted by Crippen LogP contribution is 2.20. The van der Waals surface area contributed by atoms with Gasteiger partial charge in [-0.2, -0.15) is 0 Å². The number of cyclic esters (lactones) is 2. The van der Waals surface area contributed by atoms with Crippen LogP contribution in [0.2, 0.25) is 0 Å². The molecule has 2 rings (SSSR count). The molecular formula is C8H5NO3. The Morgan fingerprint density at radius 3 is 2.75 bits per heavy atom. The molecule has 2 heterocycles. The van der Waals surface area contributed by atoms with Gasteiger partial charge in [0, 0.05) is 6.20 Å². The third-order valence-corrected chi connectivity index (χ3v) is 1.74. The zero-order valence-electron chi connectivity index (χ0n) is 6.33.